The van der Waals surface area contributed by atoms with Gasteiger partial charge in [-0.05, 0) is 134 Å². The Kier molecular flexibility index (Phi) is 8.98. The van der Waals surface area contributed by atoms with E-state index in [0.717, 1.165) is 62.8 Å². The molecule has 3 nitrogen and oxygen atoms in total. The quantitative estimate of drug-likeness (QED) is 0.154. The van der Waals surface area contributed by atoms with E-state index in [9.17, 15) is 0 Å². The monoisotopic (exact) mass is 768 g/mol. The van der Waals surface area contributed by atoms with Crippen LogP contribution >= 0.6 is 0 Å². The van der Waals surface area contributed by atoms with Crippen LogP contribution in [0.3, 0.4) is 0 Å². The Morgan fingerprint density at radius 1 is 0.400 bits per heavy atom. The maximum absolute atomic E-state index is 6.42. The van der Waals surface area contributed by atoms with Gasteiger partial charge in [0.15, 0.2) is 5.58 Å². The van der Waals surface area contributed by atoms with Crippen molar-refractivity contribution in [2.75, 3.05) is 4.90 Å². The van der Waals surface area contributed by atoms with Gasteiger partial charge in [-0.25, -0.2) is 4.98 Å². The van der Waals surface area contributed by atoms with Crippen LogP contribution in [0, 0.1) is 0 Å². The minimum absolute atomic E-state index is 0.637. The van der Waals surface area contributed by atoms with Crippen molar-refractivity contribution in [2.24, 2.45) is 0 Å². The van der Waals surface area contributed by atoms with Crippen LogP contribution in [0.1, 0.15) is 18.4 Å². The molecule has 60 heavy (non-hydrogen) atoms. The van der Waals surface area contributed by atoms with Crippen LogP contribution < -0.4 is 4.90 Å². The Labute approximate surface area is 349 Å². The van der Waals surface area contributed by atoms with E-state index >= 15 is 0 Å². The third kappa shape index (κ3) is 6.66. The lowest BCUT2D eigenvalue weighted by molar-refractivity contribution is 0.620. The van der Waals surface area contributed by atoms with Crippen LogP contribution in [0.15, 0.2) is 229 Å². The normalized spacial score (nSPS) is 12.7. The summed E-state index contributed by atoms with van der Waals surface area (Å²) in [5, 5.41) is 4.70. The Morgan fingerprint density at radius 3 is 1.73 bits per heavy atom. The van der Waals surface area contributed by atoms with Crippen molar-refractivity contribution in [2.45, 2.75) is 12.8 Å². The molecule has 0 aliphatic heterocycles. The van der Waals surface area contributed by atoms with Gasteiger partial charge in [-0.1, -0.05) is 158 Å². The van der Waals surface area contributed by atoms with Gasteiger partial charge in [0.1, 0.15) is 5.52 Å². The fourth-order valence-corrected chi connectivity index (χ4v) is 8.74. The van der Waals surface area contributed by atoms with Crippen LogP contribution in [-0.4, -0.2) is 4.98 Å². The number of rotatable bonds is 8. The zero-order valence-electron chi connectivity index (χ0n) is 33.0. The van der Waals surface area contributed by atoms with E-state index in [0.29, 0.717) is 5.89 Å². The van der Waals surface area contributed by atoms with E-state index in [4.69, 9.17) is 9.40 Å². The maximum atomic E-state index is 6.42. The van der Waals surface area contributed by atoms with Gasteiger partial charge in [0.05, 0.1) is 0 Å². The summed E-state index contributed by atoms with van der Waals surface area (Å²) in [5.74, 6) is 0.637. The molecule has 1 aliphatic carbocycles. The van der Waals surface area contributed by atoms with Crippen LogP contribution in [0.4, 0.5) is 11.4 Å². The zero-order valence-corrected chi connectivity index (χ0v) is 33.0. The summed E-state index contributed by atoms with van der Waals surface area (Å²) in [7, 11) is 0. The molecule has 284 valence electrons. The van der Waals surface area contributed by atoms with Gasteiger partial charge in [0.2, 0.25) is 5.89 Å². The predicted molar refractivity (Wildman–Crippen MR) is 251 cm³/mol. The Balaban J connectivity index is 0.969. The van der Waals surface area contributed by atoms with Crippen molar-refractivity contribution in [3.8, 4) is 44.8 Å². The molecule has 0 fully saturated rings. The molecule has 0 saturated heterocycles. The molecule has 0 saturated carbocycles. The summed E-state index contributed by atoms with van der Waals surface area (Å²) >= 11 is 0. The molecule has 3 heteroatoms. The van der Waals surface area contributed by atoms with Crippen molar-refractivity contribution in [3.63, 3.8) is 0 Å². The number of benzene rings is 9. The fourth-order valence-electron chi connectivity index (χ4n) is 8.74. The molecule has 10 aromatic rings. The molecule has 0 N–H and O–H groups in total. The summed E-state index contributed by atoms with van der Waals surface area (Å²) in [5.41, 5.74) is 15.9. The molecule has 1 aliphatic rings. The highest BCUT2D eigenvalue weighted by molar-refractivity contribution is 6.11. The summed E-state index contributed by atoms with van der Waals surface area (Å²) in [6.07, 6.45) is 6.46. The molecule has 0 bridgehead atoms. The van der Waals surface area contributed by atoms with Crippen LogP contribution in [0.5, 0.6) is 0 Å². The fraction of sp³-hybridized carbons (Fsp3) is 0.0351. The van der Waals surface area contributed by atoms with E-state index < -0.39 is 0 Å². The highest BCUT2D eigenvalue weighted by atomic mass is 16.3. The van der Waals surface area contributed by atoms with Gasteiger partial charge in [0, 0.05) is 28.0 Å². The summed E-state index contributed by atoms with van der Waals surface area (Å²) in [6.45, 7) is 0. The van der Waals surface area contributed by atoms with E-state index in [2.05, 4.69) is 193 Å². The van der Waals surface area contributed by atoms with Crippen molar-refractivity contribution in [1.82, 2.24) is 4.98 Å². The van der Waals surface area contributed by atoms with E-state index in [1.54, 1.807) is 0 Å². The molecule has 0 radical (unpaired) electrons. The molecular weight excluding hydrogens is 729 g/mol. The number of hydrogen-bond acceptors (Lipinski definition) is 3. The average Bonchev–Trinajstić information content (AvgIpc) is 3.77. The SMILES string of the molecule is C1=C(c2cccc(-c3cc4oc(-c5ccccc5)nc4c4ccccc34)c2)CCC(N(c2ccc(-c3ccccc3)cc2)c2ccc3ccc(-c4ccccc4)cc3c2)=C1. The molecule has 0 atom stereocenters. The zero-order chi connectivity index (χ0) is 39.8. The minimum Gasteiger partial charge on any atom is -0.436 e. The highest BCUT2D eigenvalue weighted by Crippen LogP contribution is 2.41. The molecule has 1 heterocycles. The summed E-state index contributed by atoms with van der Waals surface area (Å²) < 4.78 is 6.42. The number of aromatic nitrogens is 1. The smallest absolute Gasteiger partial charge is 0.227 e. The first kappa shape index (κ1) is 35.4. The van der Waals surface area contributed by atoms with Gasteiger partial charge >= 0.3 is 0 Å². The number of anilines is 2. The lowest BCUT2D eigenvalue weighted by atomic mass is 9.91. The first-order chi connectivity index (χ1) is 29.7. The minimum atomic E-state index is 0.637. The van der Waals surface area contributed by atoms with Gasteiger partial charge in [-0.15, -0.1) is 0 Å². The van der Waals surface area contributed by atoms with Gasteiger partial charge in [-0.3, -0.25) is 0 Å². The molecular formula is C57H40N2O. The third-order valence-corrected chi connectivity index (χ3v) is 11.8. The second kappa shape index (κ2) is 15.2. The summed E-state index contributed by atoms with van der Waals surface area (Å²) in [6, 6.07) is 73.6. The standard InChI is InChI=1S/C57H40N2O/c1-4-13-39(14-5-1)41-25-30-49(31-26-41)59(51-34-29-43-23-24-46(36-48(43)37-51)40-15-6-2-7-16-40)50-32-27-42(28-33-50)45-19-12-20-47(35-45)54-38-55-56(53-22-11-10-21-52(53)54)58-57(60-55)44-17-8-3-9-18-44/h1-27,29-32,34-38H,28,33H2. The molecule has 0 spiro atoms. The molecule has 1 aromatic heterocycles. The lowest BCUT2D eigenvalue weighted by Gasteiger charge is -2.30. The lowest BCUT2D eigenvalue weighted by Crippen LogP contribution is -2.17. The van der Waals surface area contributed by atoms with Crippen LogP contribution in [-0.2, 0) is 0 Å². The molecule has 11 rings (SSSR count). The second-order valence-electron chi connectivity index (χ2n) is 15.5. The topological polar surface area (TPSA) is 29.3 Å². The number of nitrogens with zero attached hydrogens (tertiary/aromatic N) is 2. The first-order valence-corrected chi connectivity index (χ1v) is 20.6. The van der Waals surface area contributed by atoms with Gasteiger partial charge in [0.25, 0.3) is 0 Å². The van der Waals surface area contributed by atoms with E-state index in [1.807, 2.05) is 30.3 Å². The van der Waals surface area contributed by atoms with Crippen molar-refractivity contribution >= 4 is 49.6 Å². The predicted octanol–water partition coefficient (Wildman–Crippen LogP) is 15.7. The first-order valence-electron chi connectivity index (χ1n) is 20.6. The van der Waals surface area contributed by atoms with E-state index in [1.165, 1.54) is 49.9 Å². The third-order valence-electron chi connectivity index (χ3n) is 11.8. The van der Waals surface area contributed by atoms with Crippen LogP contribution in [0.25, 0.3) is 83.1 Å². The van der Waals surface area contributed by atoms with Crippen molar-refractivity contribution in [1.29, 1.82) is 0 Å². The van der Waals surface area contributed by atoms with E-state index in [-0.39, 0.29) is 0 Å². The van der Waals surface area contributed by atoms with Crippen molar-refractivity contribution in [3.05, 3.63) is 230 Å². The van der Waals surface area contributed by atoms with Crippen molar-refractivity contribution < 1.29 is 4.42 Å². The summed E-state index contributed by atoms with van der Waals surface area (Å²) in [4.78, 5) is 7.40. The molecule has 9 aromatic carbocycles. The number of hydrogen-bond donors (Lipinski definition) is 0. The van der Waals surface area contributed by atoms with Crippen LogP contribution in [0.2, 0.25) is 0 Å². The average molecular weight is 769 g/mol. The highest BCUT2D eigenvalue weighted by Gasteiger charge is 2.20. The molecule has 0 amide bonds. The largest absolute Gasteiger partial charge is 0.436 e. The van der Waals surface area contributed by atoms with Gasteiger partial charge in [-0.2, -0.15) is 0 Å². The number of oxazole rings is 1. The molecule has 0 unspecified atom stereocenters. The number of allylic oxidation sites excluding steroid dienone is 4. The maximum Gasteiger partial charge on any atom is 0.227 e. The van der Waals surface area contributed by atoms with Gasteiger partial charge < -0.3 is 9.32 Å². The number of fused-ring (bicyclic) bond motifs is 4. The Hall–Kier alpha value is -7.75. The Morgan fingerprint density at radius 2 is 1.00 bits per heavy atom. The Bertz CT molecular complexity index is 3230. The second-order valence-corrected chi connectivity index (χ2v) is 15.5.